The summed E-state index contributed by atoms with van der Waals surface area (Å²) in [5, 5.41) is 10.6. The number of carbonyl (C=O) groups is 4. The van der Waals surface area contributed by atoms with Crippen LogP contribution in [0, 0.1) is 11.8 Å². The molecule has 0 aliphatic carbocycles. The predicted molar refractivity (Wildman–Crippen MR) is 386 cm³/mol. The van der Waals surface area contributed by atoms with Crippen LogP contribution in [0.4, 0.5) is 0 Å². The molecule has 0 saturated carbocycles. The Labute approximate surface area is 581 Å². The van der Waals surface area contributed by atoms with Crippen molar-refractivity contribution in [3.8, 4) is 0 Å². The highest BCUT2D eigenvalue weighted by atomic mass is 31.2. The van der Waals surface area contributed by atoms with E-state index < -0.39 is 97.5 Å². The molecule has 2 unspecified atom stereocenters. The van der Waals surface area contributed by atoms with E-state index in [0.717, 1.165) is 115 Å². The van der Waals surface area contributed by atoms with Crippen LogP contribution in [0.2, 0.25) is 0 Å². The Morgan fingerprint density at radius 2 is 0.484 bits per heavy atom. The number of hydrogen-bond acceptors (Lipinski definition) is 15. The lowest BCUT2D eigenvalue weighted by molar-refractivity contribution is -0.161. The second kappa shape index (κ2) is 67.9. The maximum atomic E-state index is 13.1. The van der Waals surface area contributed by atoms with Gasteiger partial charge in [0.25, 0.3) is 0 Å². The van der Waals surface area contributed by atoms with Gasteiger partial charge >= 0.3 is 39.5 Å². The van der Waals surface area contributed by atoms with E-state index in [1.54, 1.807) is 0 Å². The third-order valence-corrected chi connectivity index (χ3v) is 19.6. The zero-order chi connectivity index (χ0) is 70.0. The van der Waals surface area contributed by atoms with Gasteiger partial charge in [-0.15, -0.1) is 0 Å². The number of unbranched alkanes of at least 4 members (excludes halogenated alkanes) is 45. The zero-order valence-corrected chi connectivity index (χ0v) is 63.8. The third-order valence-electron chi connectivity index (χ3n) is 17.7. The van der Waals surface area contributed by atoms with Gasteiger partial charge < -0.3 is 33.8 Å². The molecule has 95 heavy (non-hydrogen) atoms. The van der Waals surface area contributed by atoms with Gasteiger partial charge in [0.15, 0.2) is 12.2 Å². The van der Waals surface area contributed by atoms with E-state index >= 15 is 0 Å². The standard InChI is InChI=1S/C76H148O17P2/c1-7-9-11-13-15-16-17-18-20-24-31-36-42-48-54-60-75(80)92-71(64-86-73(78)58-52-46-38-14-12-10-8-2)66-90-94(82,83)88-62-70(77)63-89-95(84,85)91-67-72(65-87-74(79)59-53-47-41-35-30-27-26-29-34-40-45-51-57-69(5)6)93-76(81)61-55-49-43-37-32-25-22-19-21-23-28-33-39-44-50-56-68(3)4/h68-72,77H,7-67H2,1-6H3,(H,82,83)(H,84,85)/t70-,71+,72+/m0/s1. The average Bonchev–Trinajstić information content (AvgIpc) is 1.29. The molecule has 0 spiro atoms. The number of hydrogen-bond donors (Lipinski definition) is 3. The predicted octanol–water partition coefficient (Wildman–Crippen LogP) is 22.3. The summed E-state index contributed by atoms with van der Waals surface area (Å²) in [5.74, 6) is -0.534. The number of ether oxygens (including phenoxy) is 4. The summed E-state index contributed by atoms with van der Waals surface area (Å²) in [4.78, 5) is 72.7. The molecule has 0 saturated heterocycles. The van der Waals surface area contributed by atoms with Crippen molar-refractivity contribution in [2.75, 3.05) is 39.6 Å². The number of aliphatic hydroxyl groups excluding tert-OH is 1. The molecule has 0 amide bonds. The molecule has 0 fully saturated rings. The van der Waals surface area contributed by atoms with E-state index in [1.165, 1.54) is 199 Å². The molecule has 0 bridgehead atoms. The van der Waals surface area contributed by atoms with E-state index in [2.05, 4.69) is 41.5 Å². The SMILES string of the molecule is CCCCCCCCCCCCCCCCCC(=O)O[C@H](COC(=O)CCCCCCCCC)COP(=O)(O)OC[C@H](O)COP(=O)(O)OC[C@@H](COC(=O)CCCCCCCCCCCCCCC(C)C)OC(=O)CCCCCCCCCCCCCCCCCC(C)C. The smallest absolute Gasteiger partial charge is 0.462 e. The Kier molecular flexibility index (Phi) is 66.5. The fourth-order valence-corrected chi connectivity index (χ4v) is 13.2. The molecule has 564 valence electrons. The van der Waals surface area contributed by atoms with Gasteiger partial charge in [0.1, 0.15) is 19.3 Å². The maximum Gasteiger partial charge on any atom is 0.472 e. The minimum absolute atomic E-state index is 0.108. The summed E-state index contributed by atoms with van der Waals surface area (Å²) in [6.45, 7) is 9.60. The Hall–Kier alpha value is -1.94. The van der Waals surface area contributed by atoms with Gasteiger partial charge in [-0.3, -0.25) is 37.3 Å². The van der Waals surface area contributed by atoms with Crippen LogP contribution in [0.1, 0.15) is 395 Å². The van der Waals surface area contributed by atoms with E-state index in [0.29, 0.717) is 25.7 Å². The fourth-order valence-electron chi connectivity index (χ4n) is 11.7. The van der Waals surface area contributed by atoms with Gasteiger partial charge in [0, 0.05) is 25.7 Å². The van der Waals surface area contributed by atoms with Crippen LogP contribution in [0.3, 0.4) is 0 Å². The zero-order valence-electron chi connectivity index (χ0n) is 62.0. The highest BCUT2D eigenvalue weighted by Crippen LogP contribution is 2.45. The topological polar surface area (TPSA) is 237 Å². The quantitative estimate of drug-likeness (QED) is 0.0222. The van der Waals surface area contributed by atoms with Crippen molar-refractivity contribution in [3.05, 3.63) is 0 Å². The van der Waals surface area contributed by atoms with E-state index in [-0.39, 0.29) is 25.7 Å². The number of aliphatic hydroxyl groups is 1. The summed E-state index contributed by atoms with van der Waals surface area (Å²) < 4.78 is 68.4. The van der Waals surface area contributed by atoms with Crippen LogP contribution in [-0.2, 0) is 65.4 Å². The number of rotatable bonds is 75. The van der Waals surface area contributed by atoms with Crippen molar-refractivity contribution in [3.63, 3.8) is 0 Å². The van der Waals surface area contributed by atoms with Crippen LogP contribution < -0.4 is 0 Å². The molecule has 0 rings (SSSR count). The van der Waals surface area contributed by atoms with Gasteiger partial charge in [-0.25, -0.2) is 9.13 Å². The summed E-state index contributed by atoms with van der Waals surface area (Å²) in [6, 6.07) is 0. The largest absolute Gasteiger partial charge is 0.472 e. The lowest BCUT2D eigenvalue weighted by Gasteiger charge is -2.21. The number of esters is 4. The monoisotopic (exact) mass is 1400 g/mol. The first kappa shape index (κ1) is 93.1. The van der Waals surface area contributed by atoms with Gasteiger partial charge in [-0.05, 0) is 37.5 Å². The van der Waals surface area contributed by atoms with E-state index in [9.17, 15) is 43.2 Å². The molecule has 5 atom stereocenters. The fraction of sp³-hybridized carbons (Fsp3) is 0.947. The number of carbonyl (C=O) groups excluding carboxylic acids is 4. The maximum absolute atomic E-state index is 13.1. The van der Waals surface area contributed by atoms with Crippen molar-refractivity contribution in [2.45, 2.75) is 413 Å². The molecular formula is C76H148O17P2. The van der Waals surface area contributed by atoms with Crippen molar-refractivity contribution >= 4 is 39.5 Å². The summed E-state index contributed by atoms with van der Waals surface area (Å²) in [5.41, 5.74) is 0. The molecule has 19 heteroatoms. The van der Waals surface area contributed by atoms with Crippen LogP contribution >= 0.6 is 15.6 Å². The van der Waals surface area contributed by atoms with Crippen LogP contribution in [0.15, 0.2) is 0 Å². The van der Waals surface area contributed by atoms with Crippen molar-refractivity contribution < 1.29 is 80.2 Å². The minimum atomic E-state index is -4.96. The van der Waals surface area contributed by atoms with Crippen LogP contribution in [0.25, 0.3) is 0 Å². The molecule has 0 radical (unpaired) electrons. The minimum Gasteiger partial charge on any atom is -0.462 e. The molecular weight excluding hydrogens is 1250 g/mol. The first-order chi connectivity index (χ1) is 45.9. The molecule has 3 N–H and O–H groups in total. The van der Waals surface area contributed by atoms with Gasteiger partial charge in [-0.1, -0.05) is 343 Å². The van der Waals surface area contributed by atoms with Gasteiger partial charge in [-0.2, -0.15) is 0 Å². The number of phosphoric ester groups is 2. The highest BCUT2D eigenvalue weighted by Gasteiger charge is 2.30. The molecule has 0 aliphatic rings. The lowest BCUT2D eigenvalue weighted by Crippen LogP contribution is -2.30. The summed E-state index contributed by atoms with van der Waals surface area (Å²) in [7, 11) is -9.91. The lowest BCUT2D eigenvalue weighted by atomic mass is 10.0. The Balaban J connectivity index is 5.19. The van der Waals surface area contributed by atoms with E-state index in [4.69, 9.17) is 37.0 Å². The van der Waals surface area contributed by atoms with Crippen LogP contribution in [0.5, 0.6) is 0 Å². The van der Waals surface area contributed by atoms with E-state index in [1.807, 2.05) is 0 Å². The third kappa shape index (κ3) is 70.3. The van der Waals surface area contributed by atoms with Gasteiger partial charge in [0.05, 0.1) is 26.4 Å². The first-order valence-electron chi connectivity index (χ1n) is 39.5. The second-order valence-corrected chi connectivity index (χ2v) is 31.3. The van der Waals surface area contributed by atoms with Gasteiger partial charge in [0.2, 0.25) is 0 Å². The van der Waals surface area contributed by atoms with Crippen molar-refractivity contribution in [1.29, 1.82) is 0 Å². The second-order valence-electron chi connectivity index (χ2n) is 28.3. The summed E-state index contributed by atoms with van der Waals surface area (Å²) >= 11 is 0. The van der Waals surface area contributed by atoms with Crippen LogP contribution in [-0.4, -0.2) is 96.7 Å². The molecule has 0 aliphatic heterocycles. The Bertz CT molecular complexity index is 1840. The first-order valence-corrected chi connectivity index (χ1v) is 42.5. The van der Waals surface area contributed by atoms with Crippen molar-refractivity contribution in [1.82, 2.24) is 0 Å². The Morgan fingerprint density at radius 1 is 0.284 bits per heavy atom. The normalized spacial score (nSPS) is 14.0. The number of phosphoric acid groups is 2. The Morgan fingerprint density at radius 3 is 0.716 bits per heavy atom. The average molecular weight is 1400 g/mol. The molecule has 0 heterocycles. The van der Waals surface area contributed by atoms with Crippen molar-refractivity contribution in [2.24, 2.45) is 11.8 Å². The highest BCUT2D eigenvalue weighted by molar-refractivity contribution is 7.47. The molecule has 0 aromatic rings. The summed E-state index contributed by atoms with van der Waals surface area (Å²) in [6.07, 6.45) is 55.5. The molecule has 0 aromatic carbocycles. The molecule has 17 nitrogen and oxygen atoms in total. The molecule has 0 aromatic heterocycles.